The fraction of sp³-hybridized carbons (Fsp3) is 0.487. The smallest absolute Gasteiger partial charge is 0.425 e. The molecule has 0 bridgehead atoms. The second-order valence-corrected chi connectivity index (χ2v) is 12.1. The third-order valence-electron chi connectivity index (χ3n) is 8.31. The van der Waals surface area contributed by atoms with Crippen molar-refractivity contribution in [1.29, 1.82) is 0 Å². The lowest BCUT2D eigenvalue weighted by atomic mass is 9.92. The highest BCUT2D eigenvalue weighted by Gasteiger charge is 2.42. The maximum Gasteiger partial charge on any atom is 0.425 e. The highest BCUT2D eigenvalue weighted by Crippen LogP contribution is 2.35. The minimum Gasteiger partial charge on any atom is -0.494 e. The Balaban J connectivity index is 1.66. The predicted molar refractivity (Wildman–Crippen MR) is 181 cm³/mol. The van der Waals surface area contributed by atoms with Crippen LogP contribution >= 0.6 is 0 Å². The molecule has 5 nitrogen and oxygen atoms in total. The summed E-state index contributed by atoms with van der Waals surface area (Å²) in [6.07, 6.45) is 6.75. The van der Waals surface area contributed by atoms with Gasteiger partial charge in [-0.05, 0) is 77.9 Å². The number of carboxylic acid groups (broad SMARTS) is 1. The Kier molecular flexibility index (Phi) is 15.8. The molecule has 256 valence electrons. The minimum absolute atomic E-state index is 0.0130. The van der Waals surface area contributed by atoms with E-state index in [4.69, 9.17) is 9.47 Å². The molecule has 0 spiro atoms. The molecule has 0 aliphatic heterocycles. The van der Waals surface area contributed by atoms with Gasteiger partial charge in [0.15, 0.2) is 6.10 Å². The van der Waals surface area contributed by atoms with Crippen LogP contribution in [0.4, 0.5) is 13.2 Å². The molecule has 47 heavy (non-hydrogen) atoms. The number of carboxylic acids is 1. The summed E-state index contributed by atoms with van der Waals surface area (Å²) in [5, 5.41) is 9.64. The standard InChI is InChI=1S/C39H49F3O5/c1-3-5-7-9-10-11-12-13-15-27-46-33-24-21-29(22-25-33)34-26-23-32(37(43)44)28-35(34)30-17-19-31(20-18-30)38(45)47-36(39(40,41)42)16-14-8-6-4-2/h17-26,28,36H,3-16,27H2,1-2H3,(H,43,44). The molecule has 3 aromatic carbocycles. The monoisotopic (exact) mass is 654 g/mol. The number of ether oxygens (including phenoxy) is 2. The minimum atomic E-state index is -4.65. The van der Waals surface area contributed by atoms with Crippen molar-refractivity contribution in [2.75, 3.05) is 6.61 Å². The second kappa shape index (κ2) is 19.8. The van der Waals surface area contributed by atoms with Crippen molar-refractivity contribution in [3.05, 3.63) is 77.9 Å². The van der Waals surface area contributed by atoms with Crippen molar-refractivity contribution in [2.24, 2.45) is 0 Å². The van der Waals surface area contributed by atoms with Gasteiger partial charge < -0.3 is 14.6 Å². The first kappa shape index (κ1) is 37.6. The molecule has 0 heterocycles. The first-order valence-corrected chi connectivity index (χ1v) is 17.1. The van der Waals surface area contributed by atoms with E-state index in [1.54, 1.807) is 24.3 Å². The maximum atomic E-state index is 13.6. The topological polar surface area (TPSA) is 72.8 Å². The van der Waals surface area contributed by atoms with Crippen LogP contribution < -0.4 is 4.74 Å². The fourth-order valence-corrected chi connectivity index (χ4v) is 5.53. The normalized spacial score (nSPS) is 12.1. The lowest BCUT2D eigenvalue weighted by molar-refractivity contribution is -0.206. The van der Waals surface area contributed by atoms with Crippen molar-refractivity contribution in [3.63, 3.8) is 0 Å². The Morgan fingerprint density at radius 2 is 1.17 bits per heavy atom. The molecule has 0 radical (unpaired) electrons. The van der Waals surface area contributed by atoms with Crippen molar-refractivity contribution >= 4 is 11.9 Å². The van der Waals surface area contributed by atoms with Gasteiger partial charge in [0.05, 0.1) is 17.7 Å². The molecule has 0 saturated heterocycles. The summed E-state index contributed by atoms with van der Waals surface area (Å²) < 4.78 is 51.5. The number of halogens is 3. The molecule has 3 aromatic rings. The number of aromatic carboxylic acids is 1. The first-order chi connectivity index (χ1) is 22.6. The van der Waals surface area contributed by atoms with Crippen LogP contribution in [0.2, 0.25) is 0 Å². The van der Waals surface area contributed by atoms with Gasteiger partial charge in [0.1, 0.15) is 5.75 Å². The number of esters is 1. The van der Waals surface area contributed by atoms with E-state index < -0.39 is 24.2 Å². The van der Waals surface area contributed by atoms with Crippen molar-refractivity contribution in [3.8, 4) is 28.0 Å². The molecular weight excluding hydrogens is 605 g/mol. The molecule has 0 aromatic heterocycles. The number of carbonyl (C=O) groups excluding carboxylic acids is 1. The molecule has 0 aliphatic rings. The van der Waals surface area contributed by atoms with E-state index in [-0.39, 0.29) is 17.5 Å². The average molecular weight is 655 g/mol. The molecular formula is C39H49F3O5. The zero-order chi connectivity index (χ0) is 34.1. The summed E-state index contributed by atoms with van der Waals surface area (Å²) in [5.41, 5.74) is 2.90. The quantitative estimate of drug-likeness (QED) is 0.0914. The number of unbranched alkanes of at least 4 members (excludes halogenated alkanes) is 11. The van der Waals surface area contributed by atoms with Gasteiger partial charge in [0.2, 0.25) is 0 Å². The Morgan fingerprint density at radius 1 is 0.660 bits per heavy atom. The van der Waals surface area contributed by atoms with Gasteiger partial charge in [-0.25, -0.2) is 9.59 Å². The Labute approximate surface area is 277 Å². The highest BCUT2D eigenvalue weighted by atomic mass is 19.4. The van der Waals surface area contributed by atoms with Crippen LogP contribution in [0.1, 0.15) is 124 Å². The summed E-state index contributed by atoms with van der Waals surface area (Å²) in [4.78, 5) is 24.5. The summed E-state index contributed by atoms with van der Waals surface area (Å²) in [5.74, 6) is -1.38. The molecule has 1 unspecified atom stereocenters. The summed E-state index contributed by atoms with van der Waals surface area (Å²) in [6, 6.07) is 18.4. The van der Waals surface area contributed by atoms with Gasteiger partial charge in [-0.2, -0.15) is 13.2 Å². The largest absolute Gasteiger partial charge is 0.494 e. The molecule has 1 N–H and O–H groups in total. The maximum absolute atomic E-state index is 13.6. The van der Waals surface area contributed by atoms with Crippen molar-refractivity contribution < 1.29 is 37.3 Å². The molecule has 0 amide bonds. The molecule has 1 atom stereocenters. The van der Waals surface area contributed by atoms with Crippen molar-refractivity contribution in [1.82, 2.24) is 0 Å². The van der Waals surface area contributed by atoms with Crippen molar-refractivity contribution in [2.45, 2.75) is 116 Å². The molecule has 0 fully saturated rings. The van der Waals surface area contributed by atoms with Gasteiger partial charge in [-0.3, -0.25) is 0 Å². The number of benzene rings is 3. The van der Waals surface area contributed by atoms with E-state index in [9.17, 15) is 27.9 Å². The van der Waals surface area contributed by atoms with E-state index in [1.165, 1.54) is 63.1 Å². The zero-order valence-corrected chi connectivity index (χ0v) is 27.7. The van der Waals surface area contributed by atoms with Crippen LogP contribution in [-0.2, 0) is 4.74 Å². The fourth-order valence-electron chi connectivity index (χ4n) is 5.53. The van der Waals surface area contributed by atoms with Crippen LogP contribution in [0.25, 0.3) is 22.3 Å². The van der Waals surface area contributed by atoms with Crippen LogP contribution in [0.3, 0.4) is 0 Å². The van der Waals surface area contributed by atoms with Gasteiger partial charge in [0.25, 0.3) is 0 Å². The van der Waals surface area contributed by atoms with Crippen LogP contribution in [0.15, 0.2) is 66.7 Å². The second-order valence-electron chi connectivity index (χ2n) is 12.1. The first-order valence-electron chi connectivity index (χ1n) is 17.1. The van der Waals surface area contributed by atoms with Gasteiger partial charge in [-0.1, -0.05) is 115 Å². The lowest BCUT2D eigenvalue weighted by Crippen LogP contribution is -2.33. The number of alkyl halides is 3. The Bertz CT molecular complexity index is 1370. The number of hydrogen-bond acceptors (Lipinski definition) is 4. The molecule has 3 rings (SSSR count). The summed E-state index contributed by atoms with van der Waals surface area (Å²) >= 11 is 0. The zero-order valence-electron chi connectivity index (χ0n) is 27.7. The number of carbonyl (C=O) groups is 2. The number of hydrogen-bond donors (Lipinski definition) is 1. The van der Waals surface area contributed by atoms with Gasteiger partial charge in [-0.15, -0.1) is 0 Å². The summed E-state index contributed by atoms with van der Waals surface area (Å²) in [7, 11) is 0. The van der Waals surface area contributed by atoms with E-state index >= 15 is 0 Å². The Hall–Kier alpha value is -3.81. The lowest BCUT2D eigenvalue weighted by Gasteiger charge is -2.21. The molecule has 0 saturated carbocycles. The van der Waals surface area contributed by atoms with Gasteiger partial charge >= 0.3 is 18.1 Å². The predicted octanol–water partition coefficient (Wildman–Crippen LogP) is 11.7. The van der Waals surface area contributed by atoms with Gasteiger partial charge in [0, 0.05) is 0 Å². The highest BCUT2D eigenvalue weighted by molar-refractivity contribution is 5.94. The van der Waals surface area contributed by atoms with E-state index in [1.807, 2.05) is 31.2 Å². The van der Waals surface area contributed by atoms with E-state index in [2.05, 4.69) is 6.92 Å². The molecule has 0 aliphatic carbocycles. The van der Waals surface area contributed by atoms with Crippen LogP contribution in [-0.4, -0.2) is 35.9 Å². The van der Waals surface area contributed by atoms with Crippen LogP contribution in [0, 0.1) is 0 Å². The SMILES string of the molecule is CCCCCCCCCCCOc1ccc(-c2ccc(C(=O)O)cc2-c2ccc(C(=O)OC(CCCCCC)C(F)(F)F)cc2)cc1. The summed E-state index contributed by atoms with van der Waals surface area (Å²) in [6.45, 7) is 4.84. The molecule has 8 heteroatoms. The van der Waals surface area contributed by atoms with E-state index in [0.29, 0.717) is 30.6 Å². The third kappa shape index (κ3) is 12.7. The number of rotatable bonds is 21. The third-order valence-corrected chi connectivity index (χ3v) is 8.31. The average Bonchev–Trinajstić information content (AvgIpc) is 3.06. The Morgan fingerprint density at radius 3 is 1.74 bits per heavy atom. The van der Waals surface area contributed by atoms with Crippen LogP contribution in [0.5, 0.6) is 5.75 Å². The van der Waals surface area contributed by atoms with E-state index in [0.717, 1.165) is 42.6 Å².